The zero-order valence-corrected chi connectivity index (χ0v) is 6.14. The van der Waals surface area contributed by atoms with Gasteiger partial charge in [0.2, 0.25) is 0 Å². The van der Waals surface area contributed by atoms with Crippen molar-refractivity contribution in [2.45, 2.75) is 25.6 Å². The summed E-state index contributed by atoms with van der Waals surface area (Å²) in [6, 6.07) is 0. The molecule has 3 nitrogen and oxygen atoms in total. The molecule has 58 valence electrons. The topological polar surface area (TPSA) is 60.7 Å². The van der Waals surface area contributed by atoms with Crippen LogP contribution in [0.5, 0.6) is 0 Å². The number of rotatable bonds is 3. The average Bonchev–Trinajstić information content (AvgIpc) is 1.84. The molecule has 0 spiro atoms. The fourth-order valence-electron chi connectivity index (χ4n) is 0.394. The Morgan fingerprint density at radius 3 is 1.78 bits per heavy atom. The highest BCUT2D eigenvalue weighted by Gasteiger charge is 2.10. The fourth-order valence-corrected chi connectivity index (χ4v) is 0.394. The molecule has 0 aliphatic heterocycles. The maximum absolute atomic E-state index is 8.72. The van der Waals surface area contributed by atoms with E-state index in [1.54, 1.807) is 6.92 Å². The van der Waals surface area contributed by atoms with Crippen LogP contribution in [-0.2, 0) is 0 Å². The van der Waals surface area contributed by atoms with Crippen molar-refractivity contribution in [2.24, 2.45) is 0 Å². The summed E-state index contributed by atoms with van der Waals surface area (Å²) < 4.78 is 0. The van der Waals surface area contributed by atoms with Crippen LogP contribution in [0.4, 0.5) is 0 Å². The first kappa shape index (κ1) is 11.9. The second-order valence-electron chi connectivity index (χ2n) is 1.73. The third-order valence-corrected chi connectivity index (χ3v) is 1.05. The van der Waals surface area contributed by atoms with E-state index in [4.69, 9.17) is 15.3 Å². The van der Waals surface area contributed by atoms with Gasteiger partial charge in [0.15, 0.2) is 0 Å². The molecule has 0 fully saturated rings. The van der Waals surface area contributed by atoms with Crippen molar-refractivity contribution in [2.75, 3.05) is 6.61 Å². The van der Waals surface area contributed by atoms with E-state index in [9.17, 15) is 0 Å². The molecule has 0 aliphatic carbocycles. The number of hydrogen-bond acceptors (Lipinski definition) is 3. The van der Waals surface area contributed by atoms with Crippen LogP contribution in [0.2, 0.25) is 0 Å². The van der Waals surface area contributed by atoms with E-state index in [1.807, 2.05) is 0 Å². The van der Waals surface area contributed by atoms with Gasteiger partial charge in [0, 0.05) is 0 Å². The van der Waals surface area contributed by atoms with Gasteiger partial charge in [0.25, 0.3) is 0 Å². The number of halogens is 1. The number of aliphatic hydroxyl groups is 3. The highest BCUT2D eigenvalue weighted by Crippen LogP contribution is 1.95. The van der Waals surface area contributed by atoms with Gasteiger partial charge in [-0.2, -0.15) is 0 Å². The van der Waals surface area contributed by atoms with Gasteiger partial charge in [0.1, 0.15) is 6.10 Å². The Morgan fingerprint density at radius 2 is 1.67 bits per heavy atom. The minimum absolute atomic E-state index is 0. The van der Waals surface area contributed by atoms with Crippen molar-refractivity contribution in [3.05, 3.63) is 0 Å². The minimum atomic E-state index is -0.972. The molecule has 0 saturated carbocycles. The maximum Gasteiger partial charge on any atom is 0.103 e. The Kier molecular flexibility index (Phi) is 8.32. The van der Waals surface area contributed by atoms with Gasteiger partial charge in [-0.25, -0.2) is 0 Å². The van der Waals surface area contributed by atoms with Gasteiger partial charge in [-0.1, -0.05) is 6.92 Å². The molecule has 0 heterocycles. The molecule has 9 heavy (non-hydrogen) atoms. The van der Waals surface area contributed by atoms with Gasteiger partial charge in [-0.05, 0) is 6.42 Å². The third kappa shape index (κ3) is 4.66. The summed E-state index contributed by atoms with van der Waals surface area (Å²) in [6.07, 6.45) is -1.28. The fraction of sp³-hybridized carbons (Fsp3) is 1.00. The summed E-state index contributed by atoms with van der Waals surface area (Å²) in [5, 5.41) is 25.6. The van der Waals surface area contributed by atoms with Gasteiger partial charge < -0.3 is 15.3 Å². The molecular formula is C5H13ClO3. The van der Waals surface area contributed by atoms with Crippen LogP contribution in [0.25, 0.3) is 0 Å². The molecule has 0 bridgehead atoms. The number of aliphatic hydroxyl groups excluding tert-OH is 3. The van der Waals surface area contributed by atoms with Crippen molar-refractivity contribution in [1.82, 2.24) is 0 Å². The normalized spacial score (nSPS) is 16.0. The van der Waals surface area contributed by atoms with E-state index < -0.39 is 12.2 Å². The Hall–Kier alpha value is 0.170. The molecule has 0 aromatic heterocycles. The van der Waals surface area contributed by atoms with E-state index >= 15 is 0 Å². The lowest BCUT2D eigenvalue weighted by Crippen LogP contribution is -2.28. The van der Waals surface area contributed by atoms with Gasteiger partial charge in [-0.15, -0.1) is 12.4 Å². The summed E-state index contributed by atoms with van der Waals surface area (Å²) in [4.78, 5) is 0. The Balaban J connectivity index is 0. The van der Waals surface area contributed by atoms with Crippen LogP contribution in [0.15, 0.2) is 0 Å². The first-order valence-corrected chi connectivity index (χ1v) is 2.69. The van der Waals surface area contributed by atoms with Crippen LogP contribution in [0.1, 0.15) is 13.3 Å². The molecule has 0 radical (unpaired) electrons. The van der Waals surface area contributed by atoms with E-state index in [0.29, 0.717) is 6.42 Å². The van der Waals surface area contributed by atoms with Crippen molar-refractivity contribution in [3.63, 3.8) is 0 Å². The Morgan fingerprint density at radius 1 is 1.22 bits per heavy atom. The van der Waals surface area contributed by atoms with E-state index in [2.05, 4.69) is 0 Å². The quantitative estimate of drug-likeness (QED) is 0.518. The predicted octanol–water partition coefficient (Wildman–Crippen LogP) is -0.468. The van der Waals surface area contributed by atoms with E-state index in [1.165, 1.54) is 0 Å². The SMILES string of the molecule is CCC(O)C(O)CO.Cl. The summed E-state index contributed by atoms with van der Waals surface area (Å²) >= 11 is 0. The summed E-state index contributed by atoms with van der Waals surface area (Å²) in [7, 11) is 0. The molecule has 4 heteroatoms. The first-order valence-electron chi connectivity index (χ1n) is 2.69. The highest BCUT2D eigenvalue weighted by atomic mass is 35.5. The summed E-state index contributed by atoms with van der Waals surface area (Å²) in [5.41, 5.74) is 0. The highest BCUT2D eigenvalue weighted by molar-refractivity contribution is 5.85. The summed E-state index contributed by atoms with van der Waals surface area (Å²) in [5.74, 6) is 0. The molecular weight excluding hydrogens is 144 g/mol. The monoisotopic (exact) mass is 156 g/mol. The van der Waals surface area contributed by atoms with E-state index in [-0.39, 0.29) is 19.0 Å². The molecule has 0 amide bonds. The van der Waals surface area contributed by atoms with Crippen molar-refractivity contribution in [3.8, 4) is 0 Å². The Bertz CT molecular complexity index is 52.2. The lowest BCUT2D eigenvalue weighted by Gasteiger charge is -2.11. The van der Waals surface area contributed by atoms with Crippen LogP contribution in [-0.4, -0.2) is 34.1 Å². The van der Waals surface area contributed by atoms with Gasteiger partial charge in [0.05, 0.1) is 12.7 Å². The first-order chi connectivity index (χ1) is 3.72. The molecule has 2 unspecified atom stereocenters. The average molecular weight is 157 g/mol. The zero-order chi connectivity index (χ0) is 6.57. The van der Waals surface area contributed by atoms with Crippen LogP contribution >= 0.6 is 12.4 Å². The minimum Gasteiger partial charge on any atom is -0.394 e. The Labute approximate surface area is 60.7 Å². The van der Waals surface area contributed by atoms with Crippen LogP contribution in [0.3, 0.4) is 0 Å². The second kappa shape index (κ2) is 6.29. The largest absolute Gasteiger partial charge is 0.394 e. The summed E-state index contributed by atoms with van der Waals surface area (Å²) in [6.45, 7) is 1.37. The molecule has 0 aliphatic rings. The van der Waals surface area contributed by atoms with Gasteiger partial charge in [-0.3, -0.25) is 0 Å². The number of hydrogen-bond donors (Lipinski definition) is 3. The van der Waals surface area contributed by atoms with Crippen molar-refractivity contribution < 1.29 is 15.3 Å². The second-order valence-corrected chi connectivity index (χ2v) is 1.73. The molecule has 0 rings (SSSR count). The third-order valence-electron chi connectivity index (χ3n) is 1.05. The standard InChI is InChI=1S/C5H12O3.ClH/c1-2-4(7)5(8)3-6;/h4-8H,2-3H2,1H3;1H. The molecule has 0 aromatic carbocycles. The maximum atomic E-state index is 8.72. The van der Waals surface area contributed by atoms with Gasteiger partial charge >= 0.3 is 0 Å². The van der Waals surface area contributed by atoms with Crippen molar-refractivity contribution in [1.29, 1.82) is 0 Å². The predicted molar refractivity (Wildman–Crippen MR) is 36.6 cm³/mol. The lowest BCUT2D eigenvalue weighted by molar-refractivity contribution is -0.0151. The lowest BCUT2D eigenvalue weighted by atomic mass is 10.2. The van der Waals surface area contributed by atoms with Crippen LogP contribution in [0, 0.1) is 0 Å². The smallest absolute Gasteiger partial charge is 0.103 e. The molecule has 0 aromatic rings. The van der Waals surface area contributed by atoms with E-state index in [0.717, 1.165) is 0 Å². The van der Waals surface area contributed by atoms with Crippen molar-refractivity contribution >= 4 is 12.4 Å². The molecule has 0 saturated heterocycles. The zero-order valence-electron chi connectivity index (χ0n) is 5.32. The molecule has 2 atom stereocenters. The van der Waals surface area contributed by atoms with Crippen LogP contribution < -0.4 is 0 Å². The molecule has 3 N–H and O–H groups in total.